The minimum atomic E-state index is -0.794. The van der Waals surface area contributed by atoms with E-state index in [1.807, 2.05) is 0 Å². The highest BCUT2D eigenvalue weighted by atomic mass is 16.2. The number of carbonyl (C=O) groups excluding carboxylic acids is 2. The lowest BCUT2D eigenvalue weighted by molar-refractivity contribution is -0.131. The second-order valence-corrected chi connectivity index (χ2v) is 4.60. The number of urea groups is 1. The molecule has 0 aromatic heterocycles. The van der Waals surface area contributed by atoms with Gasteiger partial charge < -0.3 is 5.32 Å². The van der Waals surface area contributed by atoms with Gasteiger partial charge in [-0.2, -0.15) is 5.01 Å². The van der Waals surface area contributed by atoms with Crippen LogP contribution in [0.2, 0.25) is 0 Å². The molecule has 1 atom stereocenters. The third-order valence-corrected chi connectivity index (χ3v) is 3.07. The standard InChI is InChI=1S/C11H21N3O2/c1-3-4-5-6-7-8-11(2)9(15)14(12)10(16)13-11/h3-8,12H2,1-2H3,(H,13,16). The van der Waals surface area contributed by atoms with Crippen molar-refractivity contribution >= 4 is 11.9 Å². The molecule has 0 spiro atoms. The van der Waals surface area contributed by atoms with Gasteiger partial charge >= 0.3 is 6.03 Å². The van der Waals surface area contributed by atoms with Crippen molar-refractivity contribution in [1.29, 1.82) is 0 Å². The van der Waals surface area contributed by atoms with Crippen LogP contribution in [0.1, 0.15) is 52.4 Å². The molecular formula is C11H21N3O2. The van der Waals surface area contributed by atoms with Crippen molar-refractivity contribution in [3.8, 4) is 0 Å². The SMILES string of the molecule is CCCCCCCC1(C)NC(=O)N(N)C1=O. The Bertz CT molecular complexity index is 280. The van der Waals surface area contributed by atoms with Gasteiger partial charge in [0.2, 0.25) is 0 Å². The Hall–Kier alpha value is -1.10. The maximum Gasteiger partial charge on any atom is 0.339 e. The molecular weight excluding hydrogens is 206 g/mol. The van der Waals surface area contributed by atoms with Crippen LogP contribution < -0.4 is 11.2 Å². The van der Waals surface area contributed by atoms with Crippen molar-refractivity contribution in [3.05, 3.63) is 0 Å². The molecule has 0 aromatic carbocycles. The number of hydrogen-bond acceptors (Lipinski definition) is 3. The molecule has 16 heavy (non-hydrogen) atoms. The van der Waals surface area contributed by atoms with E-state index in [0.717, 1.165) is 12.8 Å². The van der Waals surface area contributed by atoms with Crippen molar-refractivity contribution in [1.82, 2.24) is 10.3 Å². The molecule has 3 N–H and O–H groups in total. The van der Waals surface area contributed by atoms with E-state index in [1.165, 1.54) is 19.3 Å². The Kier molecular flexibility index (Phi) is 4.29. The summed E-state index contributed by atoms with van der Waals surface area (Å²) in [6, 6.07) is -0.499. The quantitative estimate of drug-likeness (QED) is 0.313. The summed E-state index contributed by atoms with van der Waals surface area (Å²) >= 11 is 0. The average Bonchev–Trinajstić information content (AvgIpc) is 2.43. The number of nitrogens with one attached hydrogen (secondary N) is 1. The van der Waals surface area contributed by atoms with Crippen LogP contribution in [0, 0.1) is 0 Å². The Morgan fingerprint density at radius 2 is 1.88 bits per heavy atom. The number of nitrogens with zero attached hydrogens (tertiary/aromatic N) is 1. The van der Waals surface area contributed by atoms with E-state index in [4.69, 9.17) is 5.84 Å². The zero-order valence-corrected chi connectivity index (χ0v) is 10.1. The summed E-state index contributed by atoms with van der Waals surface area (Å²) in [5.41, 5.74) is -0.794. The number of rotatable bonds is 6. The predicted molar refractivity (Wildman–Crippen MR) is 61.3 cm³/mol. The first-order chi connectivity index (χ1) is 7.51. The van der Waals surface area contributed by atoms with E-state index >= 15 is 0 Å². The zero-order valence-electron chi connectivity index (χ0n) is 10.1. The molecule has 1 rings (SSSR count). The molecule has 5 heteroatoms. The molecule has 1 aliphatic rings. The highest BCUT2D eigenvalue weighted by Gasteiger charge is 2.46. The third-order valence-electron chi connectivity index (χ3n) is 3.07. The van der Waals surface area contributed by atoms with E-state index in [-0.39, 0.29) is 5.91 Å². The Morgan fingerprint density at radius 1 is 1.25 bits per heavy atom. The summed E-state index contributed by atoms with van der Waals surface area (Å²) in [6.07, 6.45) is 6.30. The monoisotopic (exact) mass is 227 g/mol. The number of nitrogens with two attached hydrogens (primary N) is 1. The lowest BCUT2D eigenvalue weighted by Crippen LogP contribution is -2.44. The summed E-state index contributed by atoms with van der Waals surface area (Å²) in [7, 11) is 0. The van der Waals surface area contributed by atoms with E-state index in [1.54, 1.807) is 6.92 Å². The van der Waals surface area contributed by atoms with Gasteiger partial charge in [-0.05, 0) is 13.3 Å². The fraction of sp³-hybridized carbons (Fsp3) is 0.818. The lowest BCUT2D eigenvalue weighted by atomic mass is 9.94. The van der Waals surface area contributed by atoms with E-state index in [2.05, 4.69) is 12.2 Å². The van der Waals surface area contributed by atoms with Crippen molar-refractivity contribution < 1.29 is 9.59 Å². The number of carbonyl (C=O) groups is 2. The fourth-order valence-electron chi connectivity index (χ4n) is 1.96. The molecule has 5 nitrogen and oxygen atoms in total. The van der Waals surface area contributed by atoms with Crippen molar-refractivity contribution in [2.24, 2.45) is 5.84 Å². The Balaban J connectivity index is 2.36. The Morgan fingerprint density at radius 3 is 2.38 bits per heavy atom. The molecule has 0 radical (unpaired) electrons. The number of unbranched alkanes of at least 4 members (excludes halogenated alkanes) is 4. The van der Waals surface area contributed by atoms with Gasteiger partial charge in [0.05, 0.1) is 0 Å². The number of amides is 3. The normalized spacial score (nSPS) is 25.1. The van der Waals surface area contributed by atoms with Crippen LogP contribution in [0.25, 0.3) is 0 Å². The third kappa shape index (κ3) is 2.72. The minimum absolute atomic E-state index is 0.326. The predicted octanol–water partition coefficient (Wildman–Crippen LogP) is 1.53. The summed E-state index contributed by atoms with van der Waals surface area (Å²) in [4.78, 5) is 22.9. The molecule has 0 aromatic rings. The van der Waals surface area contributed by atoms with Gasteiger partial charge in [-0.3, -0.25) is 4.79 Å². The molecule has 3 amide bonds. The number of hydrazine groups is 1. The second-order valence-electron chi connectivity index (χ2n) is 4.60. The summed E-state index contributed by atoms with van der Waals surface area (Å²) in [5.74, 6) is 5.00. The first-order valence-electron chi connectivity index (χ1n) is 5.92. The molecule has 1 fully saturated rings. The van der Waals surface area contributed by atoms with Crippen molar-refractivity contribution in [2.45, 2.75) is 57.9 Å². The highest BCUT2D eigenvalue weighted by molar-refractivity contribution is 6.06. The van der Waals surface area contributed by atoms with E-state index in [9.17, 15) is 9.59 Å². The number of imide groups is 1. The van der Waals surface area contributed by atoms with Crippen LogP contribution in [-0.2, 0) is 4.79 Å². The molecule has 1 heterocycles. The Labute approximate surface area is 96.3 Å². The first-order valence-corrected chi connectivity index (χ1v) is 5.92. The van der Waals surface area contributed by atoms with Crippen LogP contribution in [-0.4, -0.2) is 22.5 Å². The minimum Gasteiger partial charge on any atom is -0.322 e. The maximum absolute atomic E-state index is 11.7. The van der Waals surface area contributed by atoms with Crippen molar-refractivity contribution in [2.75, 3.05) is 0 Å². The molecule has 0 bridgehead atoms. The van der Waals surface area contributed by atoms with E-state index < -0.39 is 11.6 Å². The van der Waals surface area contributed by atoms with Gasteiger partial charge in [0, 0.05) is 0 Å². The van der Waals surface area contributed by atoms with Gasteiger partial charge in [0.25, 0.3) is 5.91 Å². The van der Waals surface area contributed by atoms with Crippen LogP contribution in [0.5, 0.6) is 0 Å². The molecule has 1 saturated heterocycles. The summed E-state index contributed by atoms with van der Waals surface area (Å²) in [5, 5.41) is 3.31. The smallest absolute Gasteiger partial charge is 0.322 e. The average molecular weight is 227 g/mol. The maximum atomic E-state index is 11.7. The van der Waals surface area contributed by atoms with Gasteiger partial charge in [0.15, 0.2) is 0 Å². The van der Waals surface area contributed by atoms with Crippen LogP contribution in [0.4, 0.5) is 4.79 Å². The van der Waals surface area contributed by atoms with Crippen LogP contribution in [0.15, 0.2) is 0 Å². The summed E-state index contributed by atoms with van der Waals surface area (Å²) < 4.78 is 0. The molecule has 92 valence electrons. The van der Waals surface area contributed by atoms with Crippen LogP contribution >= 0.6 is 0 Å². The van der Waals surface area contributed by atoms with Crippen LogP contribution in [0.3, 0.4) is 0 Å². The molecule has 1 unspecified atom stereocenters. The van der Waals surface area contributed by atoms with E-state index in [0.29, 0.717) is 11.4 Å². The topological polar surface area (TPSA) is 75.4 Å². The summed E-state index contributed by atoms with van der Waals surface area (Å²) in [6.45, 7) is 3.90. The zero-order chi connectivity index (χ0) is 12.2. The van der Waals surface area contributed by atoms with Gasteiger partial charge in [-0.25, -0.2) is 10.6 Å². The van der Waals surface area contributed by atoms with Crippen molar-refractivity contribution in [3.63, 3.8) is 0 Å². The van der Waals surface area contributed by atoms with Gasteiger partial charge in [-0.15, -0.1) is 0 Å². The molecule has 0 aliphatic carbocycles. The first kappa shape index (κ1) is 13.0. The lowest BCUT2D eigenvalue weighted by Gasteiger charge is -2.20. The molecule has 1 aliphatic heterocycles. The molecule has 0 saturated carbocycles. The second kappa shape index (κ2) is 5.30. The number of hydrogen-bond donors (Lipinski definition) is 2. The largest absolute Gasteiger partial charge is 0.339 e. The highest BCUT2D eigenvalue weighted by Crippen LogP contribution is 2.22. The van der Waals surface area contributed by atoms with Gasteiger partial charge in [0.1, 0.15) is 5.54 Å². The van der Waals surface area contributed by atoms with Gasteiger partial charge in [-0.1, -0.05) is 39.0 Å². The fourth-order valence-corrected chi connectivity index (χ4v) is 1.96.